The van der Waals surface area contributed by atoms with E-state index in [1.54, 1.807) is 6.08 Å². The van der Waals surface area contributed by atoms with Gasteiger partial charge in [-0.3, -0.25) is 0 Å². The van der Waals surface area contributed by atoms with Gasteiger partial charge in [-0.1, -0.05) is 18.6 Å². The van der Waals surface area contributed by atoms with Gasteiger partial charge in [0.15, 0.2) is 0 Å². The highest BCUT2D eigenvalue weighted by Crippen LogP contribution is 2.14. The molecule has 0 N–H and O–H groups in total. The van der Waals surface area contributed by atoms with Crippen LogP contribution in [0.2, 0.25) is 0 Å². The van der Waals surface area contributed by atoms with Crippen LogP contribution in [0.1, 0.15) is 33.6 Å². The summed E-state index contributed by atoms with van der Waals surface area (Å²) in [4.78, 5) is 11.4. The Hall–Kier alpha value is -1.05. The summed E-state index contributed by atoms with van der Waals surface area (Å²) < 4.78 is 4.93. The van der Waals surface area contributed by atoms with Gasteiger partial charge in [0.05, 0.1) is 6.61 Å². The average molecular weight is 182 g/mol. The molecule has 0 rings (SSSR count). The lowest BCUT2D eigenvalue weighted by molar-refractivity contribution is -0.138. The quantitative estimate of drug-likeness (QED) is 0.371. The Balaban J connectivity index is 4.59. The number of ether oxygens (including phenoxy) is 1. The molecule has 0 aromatic carbocycles. The number of carbonyl (C=O) groups excluding carboxylic acids is 1. The minimum Gasteiger partial charge on any atom is -0.463 e. The molecule has 13 heavy (non-hydrogen) atoms. The number of allylic oxidation sites excluding steroid dienone is 2. The predicted octanol–water partition coefficient (Wildman–Crippen LogP) is 2.85. The summed E-state index contributed by atoms with van der Waals surface area (Å²) in [5.74, 6) is -0.207. The third kappa shape index (κ3) is 3.92. The van der Waals surface area contributed by atoms with E-state index < -0.39 is 0 Å². The Morgan fingerprint density at radius 3 is 2.46 bits per heavy atom. The first-order valence-electron chi connectivity index (χ1n) is 4.63. The van der Waals surface area contributed by atoms with Crippen molar-refractivity contribution in [2.75, 3.05) is 6.61 Å². The highest BCUT2D eigenvalue weighted by atomic mass is 16.5. The Bertz CT molecular complexity index is 214. The molecule has 0 aromatic rings. The first-order valence-corrected chi connectivity index (χ1v) is 4.63. The number of carbonyl (C=O) groups is 1. The van der Waals surface area contributed by atoms with Crippen LogP contribution in [0.15, 0.2) is 23.8 Å². The van der Waals surface area contributed by atoms with Gasteiger partial charge >= 0.3 is 5.97 Å². The van der Waals surface area contributed by atoms with E-state index in [0.717, 1.165) is 17.6 Å². The second kappa shape index (κ2) is 6.46. The second-order valence-corrected chi connectivity index (χ2v) is 2.83. The molecule has 0 saturated heterocycles. The smallest absolute Gasteiger partial charge is 0.334 e. The van der Waals surface area contributed by atoms with Gasteiger partial charge in [0.2, 0.25) is 0 Å². The van der Waals surface area contributed by atoms with Crippen LogP contribution in [0.25, 0.3) is 0 Å². The molecule has 2 heteroatoms. The zero-order valence-corrected chi connectivity index (χ0v) is 8.72. The summed E-state index contributed by atoms with van der Waals surface area (Å²) >= 11 is 0. The minimum absolute atomic E-state index is 0.207. The fourth-order valence-corrected chi connectivity index (χ4v) is 1.01. The minimum atomic E-state index is -0.207. The fourth-order valence-electron chi connectivity index (χ4n) is 1.01. The molecule has 0 radical (unpaired) electrons. The number of hydrogen-bond acceptors (Lipinski definition) is 2. The molecule has 0 spiro atoms. The van der Waals surface area contributed by atoms with Crippen molar-refractivity contribution in [1.29, 1.82) is 0 Å². The van der Waals surface area contributed by atoms with Crippen LogP contribution in [0, 0.1) is 0 Å². The summed E-state index contributed by atoms with van der Waals surface area (Å²) in [6.45, 7) is 9.83. The molecule has 0 fully saturated rings. The molecular formula is C11H18O2. The molecule has 0 bridgehead atoms. The van der Waals surface area contributed by atoms with Crippen LogP contribution in [-0.4, -0.2) is 12.6 Å². The summed E-state index contributed by atoms with van der Waals surface area (Å²) in [5.41, 5.74) is 1.83. The molecule has 0 aromatic heterocycles. The van der Waals surface area contributed by atoms with Crippen LogP contribution in [0.4, 0.5) is 0 Å². The summed E-state index contributed by atoms with van der Waals surface area (Å²) in [6, 6.07) is 0. The molecule has 0 unspecified atom stereocenters. The van der Waals surface area contributed by atoms with E-state index in [-0.39, 0.29) is 5.97 Å². The van der Waals surface area contributed by atoms with Crippen molar-refractivity contribution in [3.8, 4) is 0 Å². The maximum absolute atomic E-state index is 11.4. The molecule has 0 heterocycles. The van der Waals surface area contributed by atoms with Crippen molar-refractivity contribution in [3.05, 3.63) is 23.8 Å². The number of esters is 1. The van der Waals surface area contributed by atoms with Crippen LogP contribution in [-0.2, 0) is 9.53 Å². The van der Waals surface area contributed by atoms with Crippen LogP contribution < -0.4 is 0 Å². The lowest BCUT2D eigenvalue weighted by Crippen LogP contribution is -2.09. The van der Waals surface area contributed by atoms with Gasteiger partial charge in [0, 0.05) is 5.57 Å². The van der Waals surface area contributed by atoms with E-state index in [1.165, 1.54) is 0 Å². The Morgan fingerprint density at radius 2 is 2.08 bits per heavy atom. The SMILES string of the molecule is C=CC/C(C(=O)OCC)=C(\C)CC. The monoisotopic (exact) mass is 182 g/mol. The first kappa shape index (κ1) is 11.9. The average Bonchev–Trinajstić information content (AvgIpc) is 2.13. The van der Waals surface area contributed by atoms with Gasteiger partial charge in [-0.15, -0.1) is 6.58 Å². The van der Waals surface area contributed by atoms with Gasteiger partial charge in [0.25, 0.3) is 0 Å². The second-order valence-electron chi connectivity index (χ2n) is 2.83. The van der Waals surface area contributed by atoms with Gasteiger partial charge in [-0.05, 0) is 26.7 Å². The van der Waals surface area contributed by atoms with Crippen molar-refractivity contribution in [2.24, 2.45) is 0 Å². The molecule has 0 saturated carbocycles. The molecule has 0 aliphatic carbocycles. The highest BCUT2D eigenvalue weighted by Gasteiger charge is 2.10. The number of hydrogen-bond donors (Lipinski definition) is 0. The molecular weight excluding hydrogens is 164 g/mol. The molecule has 0 aliphatic heterocycles. The molecule has 0 aliphatic rings. The van der Waals surface area contributed by atoms with Crippen molar-refractivity contribution >= 4 is 5.97 Å². The fraction of sp³-hybridized carbons (Fsp3) is 0.545. The standard InChI is InChI=1S/C11H18O2/c1-5-8-10(9(4)6-2)11(12)13-7-3/h5H,1,6-8H2,2-4H3/b10-9-. The van der Waals surface area contributed by atoms with E-state index in [0.29, 0.717) is 13.0 Å². The van der Waals surface area contributed by atoms with Crippen LogP contribution >= 0.6 is 0 Å². The Labute approximate surface area is 80.3 Å². The molecule has 0 atom stereocenters. The zero-order valence-electron chi connectivity index (χ0n) is 8.72. The first-order chi connectivity index (χ1) is 6.17. The normalized spacial score (nSPS) is 11.9. The zero-order chi connectivity index (χ0) is 10.3. The van der Waals surface area contributed by atoms with Crippen LogP contribution in [0.5, 0.6) is 0 Å². The summed E-state index contributed by atoms with van der Waals surface area (Å²) in [7, 11) is 0. The third-order valence-electron chi connectivity index (χ3n) is 1.92. The van der Waals surface area contributed by atoms with Gasteiger partial charge in [-0.2, -0.15) is 0 Å². The van der Waals surface area contributed by atoms with E-state index >= 15 is 0 Å². The molecule has 0 amide bonds. The van der Waals surface area contributed by atoms with Crippen molar-refractivity contribution in [3.63, 3.8) is 0 Å². The summed E-state index contributed by atoms with van der Waals surface area (Å²) in [6.07, 6.45) is 3.20. The topological polar surface area (TPSA) is 26.3 Å². The van der Waals surface area contributed by atoms with Crippen LogP contribution in [0.3, 0.4) is 0 Å². The van der Waals surface area contributed by atoms with Gasteiger partial charge < -0.3 is 4.74 Å². The Morgan fingerprint density at radius 1 is 1.46 bits per heavy atom. The van der Waals surface area contributed by atoms with E-state index in [1.807, 2.05) is 20.8 Å². The largest absolute Gasteiger partial charge is 0.463 e. The Kier molecular flexibility index (Phi) is 5.94. The highest BCUT2D eigenvalue weighted by molar-refractivity contribution is 5.89. The van der Waals surface area contributed by atoms with E-state index in [4.69, 9.17) is 4.74 Å². The van der Waals surface area contributed by atoms with Crippen molar-refractivity contribution in [1.82, 2.24) is 0 Å². The molecule has 74 valence electrons. The van der Waals surface area contributed by atoms with Crippen molar-refractivity contribution in [2.45, 2.75) is 33.6 Å². The van der Waals surface area contributed by atoms with Crippen molar-refractivity contribution < 1.29 is 9.53 Å². The van der Waals surface area contributed by atoms with E-state index in [2.05, 4.69) is 6.58 Å². The lowest BCUT2D eigenvalue weighted by Gasteiger charge is -2.07. The molecule has 2 nitrogen and oxygen atoms in total. The maximum atomic E-state index is 11.4. The third-order valence-corrected chi connectivity index (χ3v) is 1.92. The lowest BCUT2D eigenvalue weighted by atomic mass is 10.0. The number of rotatable bonds is 5. The maximum Gasteiger partial charge on any atom is 0.334 e. The van der Waals surface area contributed by atoms with E-state index in [9.17, 15) is 4.79 Å². The predicted molar refractivity (Wildman–Crippen MR) is 54.4 cm³/mol. The van der Waals surface area contributed by atoms with Gasteiger partial charge in [-0.25, -0.2) is 4.79 Å². The van der Waals surface area contributed by atoms with Gasteiger partial charge in [0.1, 0.15) is 0 Å². The summed E-state index contributed by atoms with van der Waals surface area (Å²) in [5, 5.41) is 0.